The molecule has 1 aromatic rings. The van der Waals surface area contributed by atoms with E-state index in [1.807, 2.05) is 19.9 Å². The van der Waals surface area contributed by atoms with E-state index in [-0.39, 0.29) is 24.2 Å². The van der Waals surface area contributed by atoms with Crippen LogP contribution in [0.4, 0.5) is 0 Å². The molecule has 0 bridgehead atoms. The third kappa shape index (κ3) is 3.01. The van der Waals surface area contributed by atoms with Crippen LogP contribution < -0.4 is 5.32 Å². The zero-order valence-corrected chi connectivity index (χ0v) is 11.8. The lowest BCUT2D eigenvalue weighted by Crippen LogP contribution is -2.50. The number of ether oxygens (including phenoxy) is 1. The second-order valence-corrected chi connectivity index (χ2v) is 5.14. The monoisotopic (exact) mass is 273 g/mol. The Morgan fingerprint density at radius 1 is 1.55 bits per heavy atom. The van der Waals surface area contributed by atoms with E-state index in [1.54, 1.807) is 18.2 Å². The molecule has 0 spiro atoms. The van der Waals surface area contributed by atoms with Gasteiger partial charge in [0.05, 0.1) is 17.2 Å². The number of nitrogens with one attached hydrogen (secondary N) is 1. The predicted octanol–water partition coefficient (Wildman–Crippen LogP) is 1.33. The molecular formula is C16H19NO3. The summed E-state index contributed by atoms with van der Waals surface area (Å²) in [5, 5.41) is 11.8. The van der Waals surface area contributed by atoms with Crippen molar-refractivity contribution in [2.75, 3.05) is 13.2 Å². The number of hydrogen-bond donors (Lipinski definition) is 2. The van der Waals surface area contributed by atoms with Crippen molar-refractivity contribution >= 4 is 5.91 Å². The summed E-state index contributed by atoms with van der Waals surface area (Å²) in [5.74, 6) is 5.21. The molecule has 2 N–H and O–H groups in total. The molecule has 1 aromatic carbocycles. The number of carbonyl (C=O) groups is 1. The second kappa shape index (κ2) is 6.08. The van der Waals surface area contributed by atoms with E-state index in [0.29, 0.717) is 17.7 Å². The number of hydrogen-bond acceptors (Lipinski definition) is 3. The number of aliphatic hydroxyl groups excluding tert-OH is 1. The van der Waals surface area contributed by atoms with E-state index in [1.165, 1.54) is 0 Å². The number of carbonyl (C=O) groups excluding carboxylic acids is 1. The molecule has 2 rings (SSSR count). The average Bonchev–Trinajstić information content (AvgIpc) is 2.76. The summed E-state index contributed by atoms with van der Waals surface area (Å²) in [7, 11) is 0. The molecule has 20 heavy (non-hydrogen) atoms. The van der Waals surface area contributed by atoms with Gasteiger partial charge in [-0.15, -0.1) is 0 Å². The highest BCUT2D eigenvalue weighted by molar-refractivity contribution is 5.97. The average molecular weight is 273 g/mol. The van der Waals surface area contributed by atoms with Crippen molar-refractivity contribution in [2.24, 2.45) is 0 Å². The van der Waals surface area contributed by atoms with E-state index in [2.05, 4.69) is 17.2 Å². The minimum absolute atomic E-state index is 0.0119. The molecule has 4 nitrogen and oxygen atoms in total. The fourth-order valence-electron chi connectivity index (χ4n) is 2.25. The molecule has 1 fully saturated rings. The maximum atomic E-state index is 12.4. The van der Waals surface area contributed by atoms with Crippen LogP contribution >= 0.6 is 0 Å². The summed E-state index contributed by atoms with van der Waals surface area (Å²) >= 11 is 0. The van der Waals surface area contributed by atoms with Gasteiger partial charge in [0, 0.05) is 12.2 Å². The Balaban J connectivity index is 2.21. The lowest BCUT2D eigenvalue weighted by atomic mass is 9.93. The molecular weight excluding hydrogens is 254 g/mol. The van der Waals surface area contributed by atoms with Gasteiger partial charge in [0.25, 0.3) is 5.91 Å². The van der Waals surface area contributed by atoms with Crippen LogP contribution in [0.2, 0.25) is 0 Å². The molecule has 1 aliphatic rings. The summed E-state index contributed by atoms with van der Waals surface area (Å²) in [6.07, 6.45) is 0.784. The molecule has 0 radical (unpaired) electrons. The van der Waals surface area contributed by atoms with Crippen molar-refractivity contribution in [3.05, 3.63) is 35.4 Å². The Hall–Kier alpha value is -1.83. The summed E-state index contributed by atoms with van der Waals surface area (Å²) in [6, 6.07) is 7.13. The number of amides is 1. The van der Waals surface area contributed by atoms with Crippen LogP contribution in [0.1, 0.15) is 36.2 Å². The highest BCUT2D eigenvalue weighted by Crippen LogP contribution is 2.25. The Bertz CT molecular complexity index is 558. The lowest BCUT2D eigenvalue weighted by molar-refractivity contribution is 0.0727. The predicted molar refractivity (Wildman–Crippen MR) is 76.3 cm³/mol. The Kier molecular flexibility index (Phi) is 4.43. The molecule has 0 saturated carbocycles. The van der Waals surface area contributed by atoms with Crippen molar-refractivity contribution in [3.63, 3.8) is 0 Å². The normalized spacial score (nSPS) is 24.9. The van der Waals surface area contributed by atoms with Crippen LogP contribution in [0.15, 0.2) is 24.3 Å². The standard InChI is InChI=1S/C16H19NO3/c1-12-16(2,9-11-20-12)17-15(19)14-8-4-3-6-13(14)7-5-10-18/h3-4,6,8,12,18H,9-11H2,1-2H3,(H,17,19). The first kappa shape index (κ1) is 14.6. The van der Waals surface area contributed by atoms with Crippen LogP contribution in [0.25, 0.3) is 0 Å². The second-order valence-electron chi connectivity index (χ2n) is 5.14. The van der Waals surface area contributed by atoms with Gasteiger partial charge in [0.1, 0.15) is 6.61 Å². The maximum absolute atomic E-state index is 12.4. The third-order valence-corrected chi connectivity index (χ3v) is 3.76. The number of aliphatic hydroxyl groups is 1. The van der Waals surface area contributed by atoms with Crippen LogP contribution in [-0.4, -0.2) is 35.9 Å². The van der Waals surface area contributed by atoms with Gasteiger partial charge in [0.2, 0.25) is 0 Å². The summed E-state index contributed by atoms with van der Waals surface area (Å²) in [4.78, 5) is 12.4. The Morgan fingerprint density at radius 3 is 2.95 bits per heavy atom. The molecule has 1 saturated heterocycles. The van der Waals surface area contributed by atoms with Gasteiger partial charge < -0.3 is 15.2 Å². The van der Waals surface area contributed by atoms with E-state index in [0.717, 1.165) is 6.42 Å². The molecule has 1 aliphatic heterocycles. The summed E-state index contributed by atoms with van der Waals surface area (Å²) in [5.41, 5.74) is 0.789. The maximum Gasteiger partial charge on any atom is 0.253 e. The highest BCUT2D eigenvalue weighted by Gasteiger charge is 2.38. The Labute approximate surface area is 119 Å². The zero-order valence-electron chi connectivity index (χ0n) is 11.8. The minimum atomic E-state index is -0.353. The van der Waals surface area contributed by atoms with Crippen LogP contribution in [-0.2, 0) is 4.74 Å². The number of rotatable bonds is 2. The largest absolute Gasteiger partial charge is 0.384 e. The first-order chi connectivity index (χ1) is 9.57. The van der Waals surface area contributed by atoms with Gasteiger partial charge in [-0.1, -0.05) is 24.0 Å². The van der Waals surface area contributed by atoms with Gasteiger partial charge >= 0.3 is 0 Å². The topological polar surface area (TPSA) is 58.6 Å². The number of benzene rings is 1. The third-order valence-electron chi connectivity index (χ3n) is 3.76. The molecule has 2 unspecified atom stereocenters. The van der Waals surface area contributed by atoms with Crippen molar-refractivity contribution in [1.82, 2.24) is 5.32 Å². The van der Waals surface area contributed by atoms with Gasteiger partial charge in [-0.3, -0.25) is 4.79 Å². The zero-order chi connectivity index (χ0) is 14.6. The quantitative estimate of drug-likeness (QED) is 0.799. The van der Waals surface area contributed by atoms with Gasteiger partial charge in [-0.2, -0.15) is 0 Å². The smallest absolute Gasteiger partial charge is 0.253 e. The van der Waals surface area contributed by atoms with E-state index >= 15 is 0 Å². The van der Waals surface area contributed by atoms with E-state index < -0.39 is 0 Å². The SMILES string of the molecule is CC1OCCC1(C)NC(=O)c1ccccc1C#CCO. The van der Waals surface area contributed by atoms with Crippen molar-refractivity contribution in [2.45, 2.75) is 31.9 Å². The molecule has 0 aliphatic carbocycles. The molecule has 0 aromatic heterocycles. The van der Waals surface area contributed by atoms with E-state index in [4.69, 9.17) is 9.84 Å². The first-order valence-electron chi connectivity index (χ1n) is 6.70. The van der Waals surface area contributed by atoms with Crippen LogP contribution in [0.3, 0.4) is 0 Å². The van der Waals surface area contributed by atoms with Gasteiger partial charge in [0.15, 0.2) is 0 Å². The van der Waals surface area contributed by atoms with Crippen LogP contribution in [0.5, 0.6) is 0 Å². The fraction of sp³-hybridized carbons (Fsp3) is 0.438. The molecule has 1 amide bonds. The fourth-order valence-corrected chi connectivity index (χ4v) is 2.25. The summed E-state index contributed by atoms with van der Waals surface area (Å²) < 4.78 is 5.52. The van der Waals surface area contributed by atoms with Crippen molar-refractivity contribution in [3.8, 4) is 11.8 Å². The van der Waals surface area contributed by atoms with Crippen molar-refractivity contribution in [1.29, 1.82) is 0 Å². The minimum Gasteiger partial charge on any atom is -0.384 e. The molecule has 1 heterocycles. The Morgan fingerprint density at radius 2 is 2.30 bits per heavy atom. The lowest BCUT2D eigenvalue weighted by Gasteiger charge is -2.29. The summed E-state index contributed by atoms with van der Waals surface area (Å²) in [6.45, 7) is 4.39. The van der Waals surface area contributed by atoms with Gasteiger partial charge in [-0.25, -0.2) is 0 Å². The van der Waals surface area contributed by atoms with Crippen molar-refractivity contribution < 1.29 is 14.6 Å². The molecule has 106 valence electrons. The van der Waals surface area contributed by atoms with Crippen LogP contribution in [0, 0.1) is 11.8 Å². The van der Waals surface area contributed by atoms with E-state index in [9.17, 15) is 4.79 Å². The molecule has 2 atom stereocenters. The molecule has 4 heteroatoms. The first-order valence-corrected chi connectivity index (χ1v) is 6.70. The highest BCUT2D eigenvalue weighted by atomic mass is 16.5. The van der Waals surface area contributed by atoms with Gasteiger partial charge in [-0.05, 0) is 32.4 Å².